The molecule has 3 aliphatic heterocycles. The molecule has 0 atom stereocenters. The molecule has 3 aliphatic rings. The Hall–Kier alpha value is -19.5. The van der Waals surface area contributed by atoms with E-state index in [0.717, 1.165) is 191 Å². The molecule has 0 saturated heterocycles. The average molecular weight is 1810 g/mol. The third kappa shape index (κ3) is 16.0. The molecule has 24 aromatic rings. The first kappa shape index (κ1) is 83.3. The molecule has 0 saturated carbocycles. The molecule has 0 unspecified atom stereocenters. The molecule has 27 rings (SSSR count). The molecule has 141 heavy (non-hydrogen) atoms. The normalized spacial score (nSPS) is 11.8. The second-order valence-corrected chi connectivity index (χ2v) is 34.4. The molecule has 17 heteroatoms. The summed E-state index contributed by atoms with van der Waals surface area (Å²) in [7, 11) is 0. The van der Waals surface area contributed by atoms with Gasteiger partial charge in [-0.25, -0.2) is 69.8 Å². The van der Waals surface area contributed by atoms with Crippen molar-refractivity contribution in [2.45, 2.75) is 0 Å². The molecule has 0 N–H and O–H groups in total. The Morgan fingerprint density at radius 3 is 0.986 bits per heavy atom. The van der Waals surface area contributed by atoms with Gasteiger partial charge in [-0.2, -0.15) is 0 Å². The predicted molar refractivity (Wildman–Crippen MR) is 567 cm³/mol. The maximum atomic E-state index is 5.13. The minimum Gasteiger partial charge on any atom is -0.309 e. The predicted octanol–water partition coefficient (Wildman–Crippen LogP) is 30.4. The van der Waals surface area contributed by atoms with Crippen molar-refractivity contribution in [3.8, 4) is 169 Å². The summed E-state index contributed by atoms with van der Waals surface area (Å²) in [6, 6.07) is 158. The second-order valence-electron chi connectivity index (χ2n) is 34.4. The van der Waals surface area contributed by atoms with Gasteiger partial charge in [0.05, 0.1) is 61.6 Å². The van der Waals surface area contributed by atoms with Crippen molar-refractivity contribution >= 4 is 84.0 Å². The Balaban J connectivity index is 0.000000111. The van der Waals surface area contributed by atoms with E-state index in [4.69, 9.17) is 64.8 Å². The summed E-state index contributed by atoms with van der Waals surface area (Å²) in [5.41, 5.74) is 31.6. The average Bonchev–Trinajstić information content (AvgIpc) is 0.728. The van der Waals surface area contributed by atoms with Crippen LogP contribution in [0.15, 0.2) is 480 Å². The van der Waals surface area contributed by atoms with E-state index >= 15 is 0 Å². The summed E-state index contributed by atoms with van der Waals surface area (Å²) in [6.07, 6.45) is 5.22. The fourth-order valence-electron chi connectivity index (χ4n) is 19.1. The van der Waals surface area contributed by atoms with Crippen molar-refractivity contribution in [2.75, 3.05) is 14.7 Å². The monoisotopic (exact) mass is 1810 g/mol. The minimum absolute atomic E-state index is 0.617. The summed E-state index contributed by atoms with van der Waals surface area (Å²) in [4.78, 5) is 75.1. The molecule has 0 bridgehead atoms. The van der Waals surface area contributed by atoms with Gasteiger partial charge in [0.25, 0.3) is 0 Å². The van der Waals surface area contributed by atoms with Crippen LogP contribution >= 0.6 is 0 Å². The van der Waals surface area contributed by atoms with E-state index in [-0.39, 0.29) is 0 Å². The highest BCUT2D eigenvalue weighted by Crippen LogP contribution is 2.55. The van der Waals surface area contributed by atoms with Gasteiger partial charge in [0.2, 0.25) is 0 Å². The summed E-state index contributed by atoms with van der Waals surface area (Å²) in [5.74, 6) is 6.93. The number of rotatable bonds is 15. The number of hydrogen-bond acceptors (Lipinski definition) is 17. The third-order valence-electron chi connectivity index (χ3n) is 25.8. The molecule has 17 nitrogen and oxygen atoms in total. The van der Waals surface area contributed by atoms with Gasteiger partial charge in [0.1, 0.15) is 24.3 Å². The third-order valence-corrected chi connectivity index (χ3v) is 25.8. The fraction of sp³-hybridized carbons (Fsp3) is 0. The molecule has 0 spiro atoms. The van der Waals surface area contributed by atoms with Crippen LogP contribution in [0.3, 0.4) is 0 Å². The van der Waals surface area contributed by atoms with Crippen molar-refractivity contribution in [1.82, 2.24) is 69.8 Å². The van der Waals surface area contributed by atoms with Gasteiger partial charge in [-0.1, -0.05) is 340 Å². The highest BCUT2D eigenvalue weighted by molar-refractivity contribution is 6.16. The van der Waals surface area contributed by atoms with Crippen LogP contribution in [0.2, 0.25) is 0 Å². The molecule has 0 radical (unpaired) electrons. The summed E-state index contributed by atoms with van der Waals surface area (Å²) in [5, 5.41) is 4.44. The topological polar surface area (TPSA) is 190 Å². The lowest BCUT2D eigenvalue weighted by Crippen LogP contribution is -2.16. The summed E-state index contributed by atoms with van der Waals surface area (Å²) < 4.78 is 0. The molecule has 0 aliphatic carbocycles. The van der Waals surface area contributed by atoms with Crippen LogP contribution in [-0.2, 0) is 0 Å². The number of aromatic nitrogens is 14. The summed E-state index contributed by atoms with van der Waals surface area (Å²) in [6.45, 7) is 0. The number of anilines is 9. The van der Waals surface area contributed by atoms with Gasteiger partial charge in [-0.05, 0) is 160 Å². The van der Waals surface area contributed by atoms with Gasteiger partial charge in [0.15, 0.2) is 46.6 Å². The molecule has 0 amide bonds. The van der Waals surface area contributed by atoms with Crippen molar-refractivity contribution < 1.29 is 0 Å². The zero-order chi connectivity index (χ0) is 93.5. The Labute approximate surface area is 812 Å². The van der Waals surface area contributed by atoms with Gasteiger partial charge >= 0.3 is 0 Å². The molecule has 0 fully saturated rings. The van der Waals surface area contributed by atoms with E-state index in [1.54, 1.807) is 12.7 Å². The molecule has 6 aromatic heterocycles. The molecular weight excluding hydrogens is 1730 g/mol. The van der Waals surface area contributed by atoms with Crippen LogP contribution in [0.4, 0.5) is 51.4 Å². The lowest BCUT2D eigenvalue weighted by molar-refractivity contribution is 1.07. The van der Waals surface area contributed by atoms with Crippen molar-refractivity contribution in [2.24, 2.45) is 0 Å². The van der Waals surface area contributed by atoms with Gasteiger partial charge in [-0.15, -0.1) is 0 Å². The van der Waals surface area contributed by atoms with Crippen LogP contribution in [0.25, 0.3) is 202 Å². The standard InChI is InChI=1S/C42H27N5.2C41H26N6/c1-4-11-28(12-5-1)33-23-32-17-10-18-39-40(32)35(24-33)36-26-43-27-44-42(36)47(39)34-21-19-30(20-22-34)38-25-37(29-13-6-2-7-14-29)45-41(46-38)31-15-8-3-9-16-31;1-4-13-27(14-5-1)38-42-33-20-12-22-35-36(33)37(43-38)32-19-10-11-21-34(32)47(35)31-25-23-30(24-26-31)41-45-39(28-15-6-2-7-16-28)44-40(46-41)29-17-8-3-9-18-29;1-4-12-27(13-5-1)31-24-34-33-18-10-11-19-36(33)47(41-37(34)35(25-31)42-26-43-41)32-22-20-30(21-23-32)40-45-38(28-14-6-2-7-15-28)44-39(46-40)29-16-8-3-9-17-29/h1-27H;2*1-26H. The van der Waals surface area contributed by atoms with Crippen LogP contribution in [-0.4, -0.2) is 69.8 Å². The number of fused-ring (bicyclic) bond motifs is 6. The maximum Gasteiger partial charge on any atom is 0.164 e. The Bertz CT molecular complexity index is 7820. The highest BCUT2D eigenvalue weighted by atomic mass is 15.2. The maximum absolute atomic E-state index is 5.13. The van der Waals surface area contributed by atoms with Crippen LogP contribution in [0.1, 0.15) is 0 Å². The number of para-hydroxylation sites is 2. The van der Waals surface area contributed by atoms with Crippen molar-refractivity contribution in [3.05, 3.63) is 480 Å². The first-order valence-electron chi connectivity index (χ1n) is 46.7. The Morgan fingerprint density at radius 2 is 0.511 bits per heavy atom. The molecular formula is C124H79N17. The minimum atomic E-state index is 0.617. The SMILES string of the molecule is c1ccc(-c2cc3c4c(cccc4c2)N(c2ccc(-c4cc(-c5ccccc5)nc(-c5ccccc5)n4)cc2)c2ncncc2-3)cc1.c1ccc(-c2cc3c4c(ncnc4c2)N(c2ccc(-c4nc(-c5ccccc5)nc(-c5ccccc5)n4)cc2)c2ccccc2-3)cc1.c1ccc(-c2nc(-c3ccccc3)nc(-c3ccc(N4c5ccccc5-c5nc(-c6ccccc6)nc6cccc4c56)cc3)n2)cc1. The smallest absolute Gasteiger partial charge is 0.164 e. The second kappa shape index (κ2) is 36.4. The van der Waals surface area contributed by atoms with Gasteiger partial charge < -0.3 is 4.90 Å². The van der Waals surface area contributed by atoms with Gasteiger partial charge in [-0.3, -0.25) is 9.80 Å². The van der Waals surface area contributed by atoms with E-state index in [0.29, 0.717) is 40.8 Å². The first-order valence-corrected chi connectivity index (χ1v) is 46.7. The van der Waals surface area contributed by atoms with Crippen LogP contribution in [0.5, 0.6) is 0 Å². The Morgan fingerprint density at radius 1 is 0.170 bits per heavy atom. The van der Waals surface area contributed by atoms with E-state index in [2.05, 4.69) is 281 Å². The van der Waals surface area contributed by atoms with E-state index in [9.17, 15) is 0 Å². The molecule has 9 heterocycles. The molecule has 660 valence electrons. The van der Waals surface area contributed by atoms with E-state index in [1.807, 2.05) is 206 Å². The van der Waals surface area contributed by atoms with Crippen molar-refractivity contribution in [1.29, 1.82) is 0 Å². The number of benzene rings is 18. The zero-order valence-corrected chi connectivity index (χ0v) is 75.7. The van der Waals surface area contributed by atoms with Crippen LogP contribution in [0, 0.1) is 0 Å². The lowest BCUT2D eigenvalue weighted by Gasteiger charge is -2.33. The number of hydrogen-bond donors (Lipinski definition) is 0. The highest BCUT2D eigenvalue weighted by Gasteiger charge is 2.33. The van der Waals surface area contributed by atoms with Crippen LogP contribution < -0.4 is 14.7 Å². The van der Waals surface area contributed by atoms with Gasteiger partial charge in [0, 0.05) is 101 Å². The lowest BCUT2D eigenvalue weighted by atomic mass is 9.90. The van der Waals surface area contributed by atoms with E-state index < -0.39 is 0 Å². The first-order chi connectivity index (χ1) is 69.9. The quantitative estimate of drug-likeness (QED) is 0.0941. The molecule has 18 aromatic carbocycles. The number of nitrogens with zero attached hydrogens (tertiary/aromatic N) is 17. The fourth-order valence-corrected chi connectivity index (χ4v) is 19.1. The largest absolute Gasteiger partial charge is 0.309 e. The summed E-state index contributed by atoms with van der Waals surface area (Å²) >= 11 is 0. The van der Waals surface area contributed by atoms with Crippen molar-refractivity contribution in [3.63, 3.8) is 0 Å². The zero-order valence-electron chi connectivity index (χ0n) is 75.7. The van der Waals surface area contributed by atoms with E-state index in [1.165, 1.54) is 21.9 Å². The Kier molecular flexibility index (Phi) is 21.5.